The summed E-state index contributed by atoms with van der Waals surface area (Å²) in [5.41, 5.74) is 1.96. The fourth-order valence-electron chi connectivity index (χ4n) is 1.97. The zero-order valence-corrected chi connectivity index (χ0v) is 15.3. The fourth-order valence-corrected chi connectivity index (χ4v) is 2.87. The van der Waals surface area contributed by atoms with Crippen molar-refractivity contribution in [3.63, 3.8) is 0 Å². The smallest absolute Gasteiger partial charge is 0.175 e. The zero-order chi connectivity index (χ0) is 16.1. The van der Waals surface area contributed by atoms with Crippen molar-refractivity contribution in [3.05, 3.63) is 50.4 Å². The molecule has 2 aromatic rings. The molecule has 0 saturated heterocycles. The van der Waals surface area contributed by atoms with Gasteiger partial charge in [-0.25, -0.2) is 0 Å². The summed E-state index contributed by atoms with van der Waals surface area (Å²) >= 11 is 15.4. The molecule has 0 spiro atoms. The largest absolute Gasteiger partial charge is 0.493 e. The third-order valence-corrected chi connectivity index (χ3v) is 4.32. The predicted molar refractivity (Wildman–Crippen MR) is 95.7 cm³/mol. The minimum absolute atomic E-state index is 0.525. The lowest BCUT2D eigenvalue weighted by atomic mass is 10.2. The number of methoxy groups -OCH3 is 1. The molecule has 118 valence electrons. The number of nitrogens with one attached hydrogen (secondary N) is 1. The van der Waals surface area contributed by atoms with Crippen LogP contribution in [0, 0.1) is 0 Å². The van der Waals surface area contributed by atoms with E-state index in [1.807, 2.05) is 25.1 Å². The summed E-state index contributed by atoms with van der Waals surface area (Å²) in [6.45, 7) is 3.14. The molecule has 22 heavy (non-hydrogen) atoms. The molecule has 0 aliphatic heterocycles. The Morgan fingerprint density at radius 2 is 1.91 bits per heavy atom. The predicted octanol–water partition coefficient (Wildman–Crippen LogP) is 5.78. The highest BCUT2D eigenvalue weighted by molar-refractivity contribution is 9.10. The van der Waals surface area contributed by atoms with E-state index < -0.39 is 0 Å². The van der Waals surface area contributed by atoms with Gasteiger partial charge >= 0.3 is 0 Å². The first-order valence-electron chi connectivity index (χ1n) is 6.73. The van der Waals surface area contributed by atoms with Gasteiger partial charge in [0, 0.05) is 12.2 Å². The van der Waals surface area contributed by atoms with Gasteiger partial charge in [-0.1, -0.05) is 23.2 Å². The van der Waals surface area contributed by atoms with Crippen molar-refractivity contribution in [1.29, 1.82) is 0 Å². The molecule has 0 radical (unpaired) electrons. The van der Waals surface area contributed by atoms with E-state index in [-0.39, 0.29) is 0 Å². The second-order valence-corrected chi connectivity index (χ2v) is 6.19. The van der Waals surface area contributed by atoms with Gasteiger partial charge in [-0.3, -0.25) is 0 Å². The van der Waals surface area contributed by atoms with Crippen LogP contribution in [-0.4, -0.2) is 13.7 Å². The van der Waals surface area contributed by atoms with Crippen LogP contribution in [0.2, 0.25) is 10.0 Å². The Hall–Kier alpha value is -1.10. The first kappa shape index (κ1) is 17.3. The molecule has 0 aromatic heterocycles. The van der Waals surface area contributed by atoms with Gasteiger partial charge in [0.05, 0.1) is 28.2 Å². The normalized spacial score (nSPS) is 10.4. The second-order valence-electron chi connectivity index (χ2n) is 4.52. The first-order chi connectivity index (χ1) is 10.5. The number of ether oxygens (including phenoxy) is 2. The molecule has 3 nitrogen and oxygen atoms in total. The lowest BCUT2D eigenvalue weighted by Crippen LogP contribution is -2.02. The van der Waals surface area contributed by atoms with E-state index in [9.17, 15) is 0 Å². The van der Waals surface area contributed by atoms with Crippen LogP contribution in [0.15, 0.2) is 34.8 Å². The lowest BCUT2D eigenvalue weighted by Gasteiger charge is -2.14. The van der Waals surface area contributed by atoms with Crippen LogP contribution in [0.3, 0.4) is 0 Å². The minimum Gasteiger partial charge on any atom is -0.493 e. The fraction of sp³-hybridized carbons (Fsp3) is 0.250. The van der Waals surface area contributed by atoms with E-state index in [0.29, 0.717) is 34.7 Å². The number of benzene rings is 2. The van der Waals surface area contributed by atoms with Crippen LogP contribution < -0.4 is 14.8 Å². The molecule has 1 N–H and O–H groups in total. The highest BCUT2D eigenvalue weighted by Crippen LogP contribution is 2.37. The number of hydrogen-bond acceptors (Lipinski definition) is 3. The van der Waals surface area contributed by atoms with Gasteiger partial charge in [0.15, 0.2) is 11.5 Å². The van der Waals surface area contributed by atoms with Crippen LogP contribution in [0.1, 0.15) is 12.5 Å². The average Bonchev–Trinajstić information content (AvgIpc) is 2.50. The summed E-state index contributed by atoms with van der Waals surface area (Å²) in [6, 6.07) is 9.39. The molecule has 0 atom stereocenters. The second kappa shape index (κ2) is 7.95. The van der Waals surface area contributed by atoms with Crippen molar-refractivity contribution in [2.75, 3.05) is 19.0 Å². The van der Waals surface area contributed by atoms with Crippen LogP contribution >= 0.6 is 39.1 Å². The molecule has 0 bridgehead atoms. The highest BCUT2D eigenvalue weighted by Gasteiger charge is 2.11. The van der Waals surface area contributed by atoms with E-state index in [1.165, 1.54) is 0 Å². The van der Waals surface area contributed by atoms with Crippen LogP contribution in [0.25, 0.3) is 0 Å². The summed E-state index contributed by atoms with van der Waals surface area (Å²) in [5, 5.41) is 4.36. The van der Waals surface area contributed by atoms with Crippen LogP contribution in [0.5, 0.6) is 11.5 Å². The van der Waals surface area contributed by atoms with E-state index >= 15 is 0 Å². The minimum atomic E-state index is 0.525. The van der Waals surface area contributed by atoms with Crippen molar-refractivity contribution in [1.82, 2.24) is 0 Å². The third-order valence-electron chi connectivity index (χ3n) is 2.99. The van der Waals surface area contributed by atoms with Crippen molar-refractivity contribution in [3.8, 4) is 11.5 Å². The molecular weight excluding hydrogens is 389 g/mol. The van der Waals surface area contributed by atoms with E-state index in [0.717, 1.165) is 15.7 Å². The van der Waals surface area contributed by atoms with Crippen molar-refractivity contribution in [2.45, 2.75) is 13.5 Å². The number of halogens is 3. The highest BCUT2D eigenvalue weighted by atomic mass is 79.9. The molecule has 2 rings (SSSR count). The Morgan fingerprint density at radius 1 is 1.14 bits per heavy atom. The molecule has 0 aliphatic rings. The number of hydrogen-bond donors (Lipinski definition) is 1. The summed E-state index contributed by atoms with van der Waals surface area (Å²) in [5.74, 6) is 1.41. The van der Waals surface area contributed by atoms with Gasteiger partial charge in [0.2, 0.25) is 0 Å². The molecule has 0 heterocycles. The maximum atomic E-state index is 6.01. The standard InChI is InChI=1S/C16H16BrCl2NO2/c1-3-22-16-12(17)6-10(7-15(16)21-2)9-20-11-4-5-13(18)14(19)8-11/h4-8,20H,3,9H2,1-2H3. The molecule has 0 amide bonds. The van der Waals surface area contributed by atoms with Gasteiger partial charge in [-0.15, -0.1) is 0 Å². The van der Waals surface area contributed by atoms with E-state index in [1.54, 1.807) is 19.2 Å². The molecule has 0 fully saturated rings. The molecule has 0 saturated carbocycles. The molecule has 0 aliphatic carbocycles. The molecule has 2 aromatic carbocycles. The Labute approximate surface area is 148 Å². The summed E-state index contributed by atoms with van der Waals surface area (Å²) < 4.78 is 11.8. The van der Waals surface area contributed by atoms with Gasteiger partial charge in [0.1, 0.15) is 0 Å². The first-order valence-corrected chi connectivity index (χ1v) is 8.28. The number of anilines is 1. The van der Waals surface area contributed by atoms with Gasteiger partial charge < -0.3 is 14.8 Å². The monoisotopic (exact) mass is 403 g/mol. The summed E-state index contributed by atoms with van der Waals surface area (Å²) in [4.78, 5) is 0. The number of rotatable bonds is 6. The van der Waals surface area contributed by atoms with E-state index in [4.69, 9.17) is 32.7 Å². The third kappa shape index (κ3) is 4.22. The van der Waals surface area contributed by atoms with Gasteiger partial charge in [-0.05, 0) is 58.7 Å². The Kier molecular flexibility index (Phi) is 6.24. The molecule has 0 unspecified atom stereocenters. The Morgan fingerprint density at radius 3 is 2.55 bits per heavy atom. The zero-order valence-electron chi connectivity index (χ0n) is 12.3. The lowest BCUT2D eigenvalue weighted by molar-refractivity contribution is 0.308. The van der Waals surface area contributed by atoms with Gasteiger partial charge in [0.25, 0.3) is 0 Å². The summed E-state index contributed by atoms with van der Waals surface area (Å²) in [7, 11) is 1.63. The van der Waals surface area contributed by atoms with Crippen LogP contribution in [0.4, 0.5) is 5.69 Å². The quantitative estimate of drug-likeness (QED) is 0.662. The van der Waals surface area contributed by atoms with Gasteiger partial charge in [-0.2, -0.15) is 0 Å². The van der Waals surface area contributed by atoms with Crippen molar-refractivity contribution in [2.24, 2.45) is 0 Å². The SMILES string of the molecule is CCOc1c(Br)cc(CNc2ccc(Cl)c(Cl)c2)cc1OC. The van der Waals surface area contributed by atoms with Crippen molar-refractivity contribution >= 4 is 44.8 Å². The Bertz CT molecular complexity index is 665. The molecular formula is C16H16BrCl2NO2. The maximum absolute atomic E-state index is 6.01. The van der Waals surface area contributed by atoms with Crippen LogP contribution in [-0.2, 0) is 6.54 Å². The average molecular weight is 405 g/mol. The summed E-state index contributed by atoms with van der Waals surface area (Å²) in [6.07, 6.45) is 0. The van der Waals surface area contributed by atoms with E-state index in [2.05, 4.69) is 21.2 Å². The Balaban J connectivity index is 2.15. The topological polar surface area (TPSA) is 30.5 Å². The van der Waals surface area contributed by atoms with Crippen molar-refractivity contribution < 1.29 is 9.47 Å². The maximum Gasteiger partial charge on any atom is 0.175 e. The molecule has 6 heteroatoms.